The van der Waals surface area contributed by atoms with Crippen LogP contribution in [0, 0.1) is 0 Å². The molecule has 3 aromatic heterocycles. The molecular formula is C25H28N4O5S. The predicted molar refractivity (Wildman–Crippen MR) is 138 cm³/mol. The summed E-state index contributed by atoms with van der Waals surface area (Å²) in [6.07, 6.45) is 0.960. The summed E-state index contributed by atoms with van der Waals surface area (Å²) in [4.78, 5) is 40.8. The molecule has 10 heteroatoms. The molecule has 0 aliphatic heterocycles. The lowest BCUT2D eigenvalue weighted by Gasteiger charge is -2.10. The summed E-state index contributed by atoms with van der Waals surface area (Å²) in [5.41, 5.74) is 2.08. The number of nitrogens with one attached hydrogen (secondary N) is 2. The van der Waals surface area contributed by atoms with Crippen LogP contribution in [0.5, 0.6) is 5.75 Å². The van der Waals surface area contributed by atoms with Gasteiger partial charge in [-0.05, 0) is 66.2 Å². The zero-order chi connectivity index (χ0) is 24.8. The van der Waals surface area contributed by atoms with Gasteiger partial charge in [-0.15, -0.1) is 11.3 Å². The number of H-pyrrole nitrogens is 1. The van der Waals surface area contributed by atoms with Gasteiger partial charge in [0, 0.05) is 18.8 Å². The van der Waals surface area contributed by atoms with Crippen molar-refractivity contribution in [2.45, 2.75) is 39.8 Å². The number of hydrogen-bond acceptors (Lipinski definition) is 6. The van der Waals surface area contributed by atoms with Gasteiger partial charge in [-0.3, -0.25) is 19.2 Å². The number of amides is 1. The molecule has 3 heterocycles. The molecule has 9 nitrogen and oxygen atoms in total. The van der Waals surface area contributed by atoms with E-state index in [9.17, 15) is 14.4 Å². The summed E-state index contributed by atoms with van der Waals surface area (Å²) in [7, 11) is 0. The fraction of sp³-hybridized carbons (Fsp3) is 0.320. The summed E-state index contributed by atoms with van der Waals surface area (Å²) in [6.45, 7) is 5.19. The highest BCUT2D eigenvalue weighted by molar-refractivity contribution is 7.14. The Morgan fingerprint density at radius 3 is 2.46 bits per heavy atom. The fourth-order valence-electron chi connectivity index (χ4n) is 3.82. The van der Waals surface area contributed by atoms with Crippen molar-refractivity contribution >= 4 is 33.5 Å². The number of nitrogens with zero attached hydrogens (tertiary/aromatic N) is 2. The minimum Gasteiger partial charge on any atom is -0.490 e. The molecule has 2 N–H and O–H groups in total. The van der Waals surface area contributed by atoms with E-state index < -0.39 is 6.09 Å². The molecule has 35 heavy (non-hydrogen) atoms. The Morgan fingerprint density at radius 1 is 1.03 bits per heavy atom. The molecular weight excluding hydrogens is 468 g/mol. The van der Waals surface area contributed by atoms with Crippen molar-refractivity contribution < 1.29 is 14.3 Å². The second-order valence-corrected chi connectivity index (χ2v) is 8.89. The van der Waals surface area contributed by atoms with E-state index in [1.165, 1.54) is 15.9 Å². The van der Waals surface area contributed by atoms with Gasteiger partial charge in [0.05, 0.1) is 10.5 Å². The minimum atomic E-state index is -0.523. The van der Waals surface area contributed by atoms with Crippen LogP contribution in [0.2, 0.25) is 0 Å². The Hall–Kier alpha value is -3.79. The average molecular weight is 497 g/mol. The number of carbonyl (C=O) groups is 1. The second-order valence-electron chi connectivity index (χ2n) is 7.95. The molecule has 184 valence electrons. The van der Waals surface area contributed by atoms with E-state index in [0.717, 1.165) is 22.7 Å². The van der Waals surface area contributed by atoms with Crippen LogP contribution in [0.1, 0.15) is 26.7 Å². The van der Waals surface area contributed by atoms with Gasteiger partial charge in [-0.25, -0.2) is 9.59 Å². The number of thiophene rings is 1. The molecule has 4 rings (SSSR count). The quantitative estimate of drug-likeness (QED) is 0.310. The zero-order valence-electron chi connectivity index (χ0n) is 19.7. The van der Waals surface area contributed by atoms with Crippen molar-refractivity contribution in [2.75, 3.05) is 18.5 Å². The molecule has 0 atom stereocenters. The number of carbonyl (C=O) groups excluding carboxylic acids is 1. The molecule has 0 saturated carbocycles. The Labute approximate surface area is 205 Å². The Morgan fingerprint density at radius 2 is 1.77 bits per heavy atom. The summed E-state index contributed by atoms with van der Waals surface area (Å²) >= 11 is 1.41. The molecule has 4 aromatic rings. The van der Waals surface area contributed by atoms with Crippen LogP contribution in [0.3, 0.4) is 0 Å². The number of hydrogen-bond donors (Lipinski definition) is 2. The SMILES string of the molecule is CCCn1c(=O)c2[nH]c(-c3ccc(OCCOC(=O)Nc4cccs4)cc3)cc2n(CCC)c1=O. The first-order chi connectivity index (χ1) is 17.0. The highest BCUT2D eigenvalue weighted by Gasteiger charge is 2.16. The molecule has 0 unspecified atom stereocenters. The van der Waals surface area contributed by atoms with Gasteiger partial charge in [0.2, 0.25) is 0 Å². The van der Waals surface area contributed by atoms with Gasteiger partial charge in [-0.2, -0.15) is 0 Å². The van der Waals surface area contributed by atoms with Crippen LogP contribution in [0.25, 0.3) is 22.3 Å². The number of anilines is 1. The van der Waals surface area contributed by atoms with E-state index in [-0.39, 0.29) is 24.5 Å². The first-order valence-corrected chi connectivity index (χ1v) is 12.5. The van der Waals surface area contributed by atoms with Crippen LogP contribution in [-0.4, -0.2) is 33.4 Å². The highest BCUT2D eigenvalue weighted by Crippen LogP contribution is 2.24. The van der Waals surface area contributed by atoms with E-state index in [1.54, 1.807) is 22.8 Å². The monoisotopic (exact) mass is 496 g/mol. The van der Waals surface area contributed by atoms with E-state index >= 15 is 0 Å². The first-order valence-electron chi connectivity index (χ1n) is 11.6. The number of benzene rings is 1. The first kappa shape index (κ1) is 24.3. The average Bonchev–Trinajstić information content (AvgIpc) is 3.53. The normalized spacial score (nSPS) is 11.0. The molecule has 0 saturated heterocycles. The number of ether oxygens (including phenoxy) is 2. The zero-order valence-corrected chi connectivity index (χ0v) is 20.5. The highest BCUT2D eigenvalue weighted by atomic mass is 32.1. The van der Waals surface area contributed by atoms with E-state index in [2.05, 4.69) is 10.3 Å². The molecule has 0 aliphatic carbocycles. The standard InChI is InChI=1S/C25H28N4O5S/c1-3-11-28-20-16-19(26-22(20)23(30)29(12-4-2)25(28)32)17-7-9-18(10-8-17)33-13-14-34-24(31)27-21-6-5-15-35-21/h5-10,15-16,26H,3-4,11-14H2,1-2H3,(H,27,31). The number of aromatic nitrogens is 3. The summed E-state index contributed by atoms with van der Waals surface area (Å²) in [5, 5.41) is 5.23. The predicted octanol–water partition coefficient (Wildman–Crippen LogP) is 4.67. The number of fused-ring (bicyclic) bond motifs is 1. The molecule has 1 amide bonds. The molecule has 1 aromatic carbocycles. The lowest BCUT2D eigenvalue weighted by Crippen LogP contribution is -2.39. The molecule has 0 bridgehead atoms. The van der Waals surface area contributed by atoms with Crippen LogP contribution >= 0.6 is 11.3 Å². The molecule has 0 aliphatic rings. The lowest BCUT2D eigenvalue weighted by atomic mass is 10.1. The maximum Gasteiger partial charge on any atom is 0.412 e. The minimum absolute atomic E-state index is 0.111. The van der Waals surface area contributed by atoms with Crippen LogP contribution in [0.4, 0.5) is 9.80 Å². The van der Waals surface area contributed by atoms with E-state index in [4.69, 9.17) is 9.47 Å². The van der Waals surface area contributed by atoms with Crippen molar-refractivity contribution in [3.63, 3.8) is 0 Å². The summed E-state index contributed by atoms with van der Waals surface area (Å²) < 4.78 is 13.7. The Balaban J connectivity index is 1.44. The van der Waals surface area contributed by atoms with Gasteiger partial charge in [0.25, 0.3) is 5.56 Å². The molecule has 0 radical (unpaired) electrons. The Bertz CT molecular complexity index is 1400. The number of aryl methyl sites for hydroxylation is 1. The molecule has 0 fully saturated rings. The Kier molecular flexibility index (Phi) is 7.71. The fourth-order valence-corrected chi connectivity index (χ4v) is 4.42. The van der Waals surface area contributed by atoms with Crippen molar-refractivity contribution in [3.8, 4) is 17.0 Å². The van der Waals surface area contributed by atoms with Gasteiger partial charge >= 0.3 is 11.8 Å². The maximum atomic E-state index is 12.9. The van der Waals surface area contributed by atoms with Gasteiger partial charge in [0.1, 0.15) is 24.5 Å². The number of aromatic amines is 1. The number of rotatable bonds is 10. The third kappa shape index (κ3) is 5.48. The maximum absolute atomic E-state index is 12.9. The van der Waals surface area contributed by atoms with Gasteiger partial charge in [-0.1, -0.05) is 13.8 Å². The van der Waals surface area contributed by atoms with Crippen LogP contribution in [0.15, 0.2) is 57.4 Å². The smallest absolute Gasteiger partial charge is 0.412 e. The largest absolute Gasteiger partial charge is 0.490 e. The van der Waals surface area contributed by atoms with Crippen LogP contribution < -0.4 is 21.3 Å². The third-order valence-electron chi connectivity index (χ3n) is 5.40. The van der Waals surface area contributed by atoms with E-state index in [1.807, 2.05) is 43.5 Å². The van der Waals surface area contributed by atoms with Crippen molar-refractivity contribution in [1.82, 2.24) is 14.1 Å². The van der Waals surface area contributed by atoms with E-state index in [0.29, 0.717) is 36.3 Å². The topological polar surface area (TPSA) is 107 Å². The van der Waals surface area contributed by atoms with Gasteiger partial charge in [0.15, 0.2) is 0 Å². The third-order valence-corrected chi connectivity index (χ3v) is 6.19. The van der Waals surface area contributed by atoms with Crippen molar-refractivity contribution in [2.24, 2.45) is 0 Å². The molecule has 0 spiro atoms. The summed E-state index contributed by atoms with van der Waals surface area (Å²) in [5.74, 6) is 0.625. The van der Waals surface area contributed by atoms with Crippen LogP contribution in [-0.2, 0) is 17.8 Å². The van der Waals surface area contributed by atoms with Gasteiger partial charge < -0.3 is 14.5 Å². The summed E-state index contributed by atoms with van der Waals surface area (Å²) in [6, 6.07) is 12.8. The second kappa shape index (κ2) is 11.1. The van der Waals surface area contributed by atoms with Crippen molar-refractivity contribution in [1.29, 1.82) is 0 Å². The lowest BCUT2D eigenvalue weighted by molar-refractivity contribution is 0.138. The van der Waals surface area contributed by atoms with Crippen molar-refractivity contribution in [3.05, 3.63) is 68.7 Å².